The average Bonchev–Trinajstić information content (AvgIpc) is 2.63. The molecule has 4 heteroatoms. The molecule has 0 spiro atoms. The van der Waals surface area contributed by atoms with Gasteiger partial charge in [-0.1, -0.05) is 6.92 Å². The number of aromatic nitrogens is 2. The molecule has 0 aliphatic heterocycles. The summed E-state index contributed by atoms with van der Waals surface area (Å²) in [7, 11) is 0. The van der Waals surface area contributed by atoms with E-state index >= 15 is 0 Å². The normalized spacial score (nSPS) is 13.0. The first-order valence-corrected chi connectivity index (χ1v) is 5.61. The van der Waals surface area contributed by atoms with E-state index in [4.69, 9.17) is 5.11 Å². The van der Waals surface area contributed by atoms with Crippen LogP contribution in [0.5, 0.6) is 0 Å². The lowest BCUT2D eigenvalue weighted by Gasteiger charge is -2.03. The maximum atomic E-state index is 9.15. The predicted octanol–water partition coefficient (Wildman–Crippen LogP) is 1.15. The van der Waals surface area contributed by atoms with Gasteiger partial charge >= 0.3 is 0 Å². The lowest BCUT2D eigenvalue weighted by atomic mass is 10.3. The van der Waals surface area contributed by atoms with Crippen molar-refractivity contribution in [3.05, 3.63) is 18.2 Å². The van der Waals surface area contributed by atoms with Crippen LogP contribution >= 0.6 is 0 Å². The van der Waals surface area contributed by atoms with Crippen molar-refractivity contribution in [1.82, 2.24) is 14.9 Å². The van der Waals surface area contributed by atoms with E-state index in [0.717, 1.165) is 38.2 Å². The third kappa shape index (κ3) is 4.95. The highest BCUT2D eigenvalue weighted by Crippen LogP contribution is 1.99. The van der Waals surface area contributed by atoms with E-state index in [0.29, 0.717) is 0 Å². The fraction of sp³-hybridized carbons (Fsp3) is 0.727. The quantitative estimate of drug-likeness (QED) is 0.665. The monoisotopic (exact) mass is 211 g/mol. The van der Waals surface area contributed by atoms with Crippen LogP contribution in [-0.4, -0.2) is 27.3 Å². The van der Waals surface area contributed by atoms with Crippen molar-refractivity contribution in [2.75, 3.05) is 6.54 Å². The number of hydrogen-bond acceptors (Lipinski definition) is 3. The molecule has 4 nitrogen and oxygen atoms in total. The maximum Gasteiger partial charge on any atom is 0.0949 e. The Bertz CT molecular complexity index is 271. The summed E-state index contributed by atoms with van der Waals surface area (Å²) in [5.41, 5.74) is 1.06. The minimum Gasteiger partial charge on any atom is -0.393 e. The molecule has 1 heterocycles. The molecule has 1 unspecified atom stereocenters. The largest absolute Gasteiger partial charge is 0.393 e. The van der Waals surface area contributed by atoms with Crippen LogP contribution in [0.1, 0.15) is 32.4 Å². The summed E-state index contributed by atoms with van der Waals surface area (Å²) < 4.78 is 2.02. The standard InChI is InChI=1S/C11H21N3O/c1-3-5-12-7-11-8-14(9-13-11)6-4-10(2)15/h8-10,12,15H,3-7H2,1-2H3. The fourth-order valence-electron chi connectivity index (χ4n) is 1.35. The zero-order valence-electron chi connectivity index (χ0n) is 9.61. The fourth-order valence-corrected chi connectivity index (χ4v) is 1.35. The molecular formula is C11H21N3O. The van der Waals surface area contributed by atoms with Crippen molar-refractivity contribution in [2.45, 2.75) is 45.9 Å². The van der Waals surface area contributed by atoms with Gasteiger partial charge in [0, 0.05) is 19.3 Å². The third-order valence-corrected chi connectivity index (χ3v) is 2.22. The SMILES string of the molecule is CCCNCc1cn(CCC(C)O)cn1. The molecule has 0 fully saturated rings. The number of nitrogens with one attached hydrogen (secondary N) is 1. The van der Waals surface area contributed by atoms with Crippen molar-refractivity contribution in [1.29, 1.82) is 0 Å². The molecule has 1 aromatic heterocycles. The molecule has 1 rings (SSSR count). The van der Waals surface area contributed by atoms with Gasteiger partial charge in [0.2, 0.25) is 0 Å². The molecular weight excluding hydrogens is 190 g/mol. The number of imidazole rings is 1. The molecule has 0 aliphatic carbocycles. The molecule has 15 heavy (non-hydrogen) atoms. The Morgan fingerprint density at radius 1 is 1.60 bits per heavy atom. The Balaban J connectivity index is 2.29. The summed E-state index contributed by atoms with van der Waals surface area (Å²) in [5, 5.41) is 12.5. The van der Waals surface area contributed by atoms with E-state index in [1.807, 2.05) is 17.1 Å². The molecule has 0 radical (unpaired) electrons. The van der Waals surface area contributed by atoms with Crippen LogP contribution < -0.4 is 5.32 Å². The Morgan fingerprint density at radius 3 is 3.07 bits per heavy atom. The van der Waals surface area contributed by atoms with Gasteiger partial charge in [0.15, 0.2) is 0 Å². The van der Waals surface area contributed by atoms with E-state index in [1.165, 1.54) is 0 Å². The highest BCUT2D eigenvalue weighted by atomic mass is 16.3. The molecule has 0 amide bonds. The van der Waals surface area contributed by atoms with Crippen molar-refractivity contribution in [2.24, 2.45) is 0 Å². The third-order valence-electron chi connectivity index (χ3n) is 2.22. The second kappa shape index (κ2) is 6.58. The van der Waals surface area contributed by atoms with Crippen molar-refractivity contribution in [3.8, 4) is 0 Å². The van der Waals surface area contributed by atoms with Gasteiger partial charge in [0.05, 0.1) is 18.1 Å². The number of hydrogen-bond donors (Lipinski definition) is 2. The van der Waals surface area contributed by atoms with Crippen LogP contribution in [0.3, 0.4) is 0 Å². The number of aliphatic hydroxyl groups is 1. The lowest BCUT2D eigenvalue weighted by Crippen LogP contribution is -2.13. The number of rotatable bonds is 7. The minimum atomic E-state index is -0.242. The first kappa shape index (κ1) is 12.2. The van der Waals surface area contributed by atoms with Crippen molar-refractivity contribution >= 4 is 0 Å². The topological polar surface area (TPSA) is 50.1 Å². The highest BCUT2D eigenvalue weighted by molar-refractivity contribution is 4.96. The van der Waals surface area contributed by atoms with E-state index in [2.05, 4.69) is 17.2 Å². The molecule has 0 saturated carbocycles. The Labute approximate surface area is 91.3 Å². The van der Waals surface area contributed by atoms with Gasteiger partial charge in [0.25, 0.3) is 0 Å². The predicted molar refractivity (Wildman–Crippen MR) is 60.5 cm³/mol. The Hall–Kier alpha value is -0.870. The summed E-state index contributed by atoms with van der Waals surface area (Å²) in [6.45, 7) is 6.64. The average molecular weight is 211 g/mol. The van der Waals surface area contributed by atoms with Crippen LogP contribution in [0.2, 0.25) is 0 Å². The van der Waals surface area contributed by atoms with Gasteiger partial charge in [0.1, 0.15) is 0 Å². The number of aryl methyl sites for hydroxylation is 1. The molecule has 86 valence electrons. The Kier molecular flexibility index (Phi) is 5.36. The van der Waals surface area contributed by atoms with Gasteiger partial charge in [-0.15, -0.1) is 0 Å². The zero-order valence-corrected chi connectivity index (χ0v) is 9.61. The summed E-state index contributed by atoms with van der Waals surface area (Å²) in [6.07, 6.45) is 5.53. The van der Waals surface area contributed by atoms with Gasteiger partial charge in [-0.05, 0) is 26.3 Å². The summed E-state index contributed by atoms with van der Waals surface area (Å²) >= 11 is 0. The van der Waals surface area contributed by atoms with Gasteiger partial charge in [-0.3, -0.25) is 0 Å². The van der Waals surface area contributed by atoms with E-state index < -0.39 is 0 Å². The van der Waals surface area contributed by atoms with Crippen LogP contribution in [0.4, 0.5) is 0 Å². The molecule has 2 N–H and O–H groups in total. The zero-order chi connectivity index (χ0) is 11.1. The van der Waals surface area contributed by atoms with E-state index in [9.17, 15) is 0 Å². The summed E-state index contributed by atoms with van der Waals surface area (Å²) in [6, 6.07) is 0. The molecule has 0 aromatic carbocycles. The van der Waals surface area contributed by atoms with Crippen LogP contribution in [-0.2, 0) is 13.1 Å². The molecule has 0 bridgehead atoms. The second-order valence-corrected chi connectivity index (χ2v) is 3.92. The molecule has 1 aromatic rings. The van der Waals surface area contributed by atoms with Crippen LogP contribution in [0.15, 0.2) is 12.5 Å². The van der Waals surface area contributed by atoms with E-state index in [1.54, 1.807) is 6.92 Å². The maximum absolute atomic E-state index is 9.15. The molecule has 1 atom stereocenters. The van der Waals surface area contributed by atoms with Gasteiger partial charge in [-0.25, -0.2) is 4.98 Å². The smallest absolute Gasteiger partial charge is 0.0949 e. The number of nitrogens with zero attached hydrogens (tertiary/aromatic N) is 2. The van der Waals surface area contributed by atoms with E-state index in [-0.39, 0.29) is 6.10 Å². The first-order valence-electron chi connectivity index (χ1n) is 5.61. The van der Waals surface area contributed by atoms with Crippen molar-refractivity contribution < 1.29 is 5.11 Å². The van der Waals surface area contributed by atoms with Crippen LogP contribution in [0, 0.1) is 0 Å². The van der Waals surface area contributed by atoms with Gasteiger partial charge in [-0.2, -0.15) is 0 Å². The summed E-state index contributed by atoms with van der Waals surface area (Å²) in [4.78, 5) is 4.28. The second-order valence-electron chi connectivity index (χ2n) is 3.92. The highest BCUT2D eigenvalue weighted by Gasteiger charge is 2.00. The minimum absolute atomic E-state index is 0.242. The lowest BCUT2D eigenvalue weighted by molar-refractivity contribution is 0.178. The summed E-state index contributed by atoms with van der Waals surface area (Å²) in [5.74, 6) is 0. The van der Waals surface area contributed by atoms with Gasteiger partial charge < -0.3 is 15.0 Å². The first-order chi connectivity index (χ1) is 7.22. The van der Waals surface area contributed by atoms with Crippen molar-refractivity contribution in [3.63, 3.8) is 0 Å². The number of aliphatic hydroxyl groups excluding tert-OH is 1. The Morgan fingerprint density at radius 2 is 2.40 bits per heavy atom. The molecule has 0 saturated heterocycles. The molecule has 0 aliphatic rings. The van der Waals surface area contributed by atoms with Crippen LogP contribution in [0.25, 0.3) is 0 Å².